The van der Waals surface area contributed by atoms with Crippen LogP contribution >= 0.6 is 0 Å². The summed E-state index contributed by atoms with van der Waals surface area (Å²) in [7, 11) is 1.69. The van der Waals surface area contributed by atoms with Gasteiger partial charge in [0.15, 0.2) is 5.82 Å². The van der Waals surface area contributed by atoms with Gasteiger partial charge in [-0.15, -0.1) is 0 Å². The molecule has 0 saturated carbocycles. The number of carbonyl (C=O) groups excluding carboxylic acids is 1. The second kappa shape index (κ2) is 8.23. The smallest absolute Gasteiger partial charge is 0.387 e. The fourth-order valence-corrected chi connectivity index (χ4v) is 5.82. The Bertz CT molecular complexity index is 1580. The highest BCUT2D eigenvalue weighted by Gasteiger charge is 2.46. The van der Waals surface area contributed by atoms with Crippen LogP contribution in [0.4, 0.5) is 8.78 Å². The number of alkyl halides is 2. The third-order valence-electron chi connectivity index (χ3n) is 7.70. The summed E-state index contributed by atoms with van der Waals surface area (Å²) in [6.45, 7) is -2.43. The third-order valence-corrected chi connectivity index (χ3v) is 7.70. The molecule has 0 spiro atoms. The molecule has 3 atom stereocenters. The lowest BCUT2D eigenvalue weighted by Gasteiger charge is -2.23. The molecule has 3 aromatic heterocycles. The molecular weight excluding hydrogens is 498 g/mol. The topological polar surface area (TPSA) is 115 Å². The van der Waals surface area contributed by atoms with Crippen LogP contribution in [0.3, 0.4) is 0 Å². The van der Waals surface area contributed by atoms with Crippen molar-refractivity contribution >= 4 is 11.7 Å². The van der Waals surface area contributed by atoms with Gasteiger partial charge < -0.3 is 19.5 Å². The molecule has 1 aliphatic carbocycles. The summed E-state index contributed by atoms with van der Waals surface area (Å²) < 4.78 is 38.6. The third kappa shape index (κ3) is 3.33. The highest BCUT2D eigenvalue weighted by atomic mass is 19.3. The monoisotopic (exact) mass is 520 g/mol. The second-order valence-electron chi connectivity index (χ2n) is 9.84. The van der Waals surface area contributed by atoms with Gasteiger partial charge in [0.05, 0.1) is 30.6 Å². The molecule has 10 nitrogen and oxygen atoms in total. The van der Waals surface area contributed by atoms with E-state index in [0.717, 1.165) is 5.69 Å². The van der Waals surface area contributed by atoms with Crippen LogP contribution in [0, 0.1) is 0 Å². The molecule has 3 aliphatic rings. The van der Waals surface area contributed by atoms with Gasteiger partial charge in [-0.1, -0.05) is 6.07 Å². The van der Waals surface area contributed by atoms with E-state index in [9.17, 15) is 18.7 Å². The zero-order chi connectivity index (χ0) is 26.2. The minimum atomic E-state index is -3.03. The fourth-order valence-electron chi connectivity index (χ4n) is 5.82. The Morgan fingerprint density at radius 3 is 2.71 bits per heavy atom. The SMILES string of the molecule is CN1C(=O)c2cccc(OC(F)F)c2C2CC1c1nc3ncc(-c4cnc(C5(O)CCOC5)nc4)cn3c12. The number of imidazole rings is 1. The van der Waals surface area contributed by atoms with E-state index in [1.807, 2.05) is 10.6 Å². The standard InChI is InChI=1S/C26H22F2N6O4/c1-33-17-7-16(19-15(22(33)35)3-2-4-18(19)38-24(27)28)21-20(17)32-25-31-10-14(11-34(21)25)13-8-29-23(30-9-13)26(36)5-6-37-12-26/h2-4,8-11,16-17,24,36H,5-7,12H2,1H3. The summed E-state index contributed by atoms with van der Waals surface area (Å²) in [5.74, 6) is 0.0399. The Labute approximate surface area is 214 Å². The van der Waals surface area contributed by atoms with Crippen molar-refractivity contribution in [3.05, 3.63) is 71.3 Å². The van der Waals surface area contributed by atoms with Crippen molar-refractivity contribution in [1.82, 2.24) is 29.2 Å². The summed E-state index contributed by atoms with van der Waals surface area (Å²) in [6.07, 6.45) is 7.67. The molecule has 1 aromatic carbocycles. The maximum absolute atomic E-state index is 13.3. The minimum Gasteiger partial charge on any atom is -0.434 e. The predicted octanol–water partition coefficient (Wildman–Crippen LogP) is 3.06. The number of benzene rings is 1. The molecule has 5 heterocycles. The molecule has 0 radical (unpaired) electrons. The van der Waals surface area contributed by atoms with Crippen LogP contribution in [0.2, 0.25) is 0 Å². The van der Waals surface area contributed by atoms with Gasteiger partial charge in [-0.2, -0.15) is 8.78 Å². The summed E-state index contributed by atoms with van der Waals surface area (Å²) in [5.41, 5.74) is 2.42. The van der Waals surface area contributed by atoms with E-state index in [1.165, 1.54) is 6.07 Å². The average Bonchev–Trinajstić information content (AvgIpc) is 3.60. The van der Waals surface area contributed by atoms with Crippen LogP contribution in [0.1, 0.15) is 57.9 Å². The van der Waals surface area contributed by atoms with E-state index >= 15 is 0 Å². The molecule has 12 heteroatoms. The molecule has 1 fully saturated rings. The van der Waals surface area contributed by atoms with Crippen molar-refractivity contribution in [3.8, 4) is 16.9 Å². The number of nitrogens with zero attached hydrogens (tertiary/aromatic N) is 6. The number of ether oxygens (including phenoxy) is 2. The Hall–Kier alpha value is -4.03. The van der Waals surface area contributed by atoms with Crippen molar-refractivity contribution in [2.24, 2.45) is 0 Å². The highest BCUT2D eigenvalue weighted by molar-refractivity contribution is 5.98. The molecule has 2 bridgehead atoms. The maximum atomic E-state index is 13.3. The number of carbonyl (C=O) groups is 1. The lowest BCUT2D eigenvalue weighted by atomic mass is 9.91. The van der Waals surface area contributed by atoms with E-state index in [1.54, 1.807) is 42.7 Å². The van der Waals surface area contributed by atoms with Crippen LogP contribution in [0.5, 0.6) is 5.75 Å². The summed E-state index contributed by atoms with van der Waals surface area (Å²) in [6, 6.07) is 4.32. The number of rotatable bonds is 4. The lowest BCUT2D eigenvalue weighted by Crippen LogP contribution is -2.30. The van der Waals surface area contributed by atoms with Crippen molar-refractivity contribution in [2.45, 2.75) is 37.0 Å². The molecule has 3 unspecified atom stereocenters. The molecule has 1 N–H and O–H groups in total. The number of halogens is 2. The van der Waals surface area contributed by atoms with Crippen molar-refractivity contribution < 1.29 is 28.2 Å². The van der Waals surface area contributed by atoms with E-state index in [2.05, 4.69) is 15.0 Å². The van der Waals surface area contributed by atoms with Crippen LogP contribution in [-0.2, 0) is 10.3 Å². The number of aliphatic hydroxyl groups is 1. The zero-order valence-corrected chi connectivity index (χ0v) is 20.2. The summed E-state index contributed by atoms with van der Waals surface area (Å²) in [5, 5.41) is 10.7. The maximum Gasteiger partial charge on any atom is 0.387 e. The largest absolute Gasteiger partial charge is 0.434 e. The van der Waals surface area contributed by atoms with Gasteiger partial charge in [0, 0.05) is 66.4 Å². The Kier molecular flexibility index (Phi) is 5.01. The van der Waals surface area contributed by atoms with Crippen molar-refractivity contribution in [1.29, 1.82) is 0 Å². The van der Waals surface area contributed by atoms with Gasteiger partial charge >= 0.3 is 6.61 Å². The molecule has 2 aliphatic heterocycles. The highest BCUT2D eigenvalue weighted by Crippen LogP contribution is 2.52. The van der Waals surface area contributed by atoms with E-state index in [0.29, 0.717) is 59.0 Å². The van der Waals surface area contributed by atoms with Gasteiger partial charge in [-0.3, -0.25) is 9.20 Å². The first-order chi connectivity index (χ1) is 18.3. The van der Waals surface area contributed by atoms with E-state index in [-0.39, 0.29) is 24.3 Å². The molecule has 1 saturated heterocycles. The first-order valence-corrected chi connectivity index (χ1v) is 12.2. The number of amides is 1. The van der Waals surface area contributed by atoms with E-state index < -0.39 is 18.1 Å². The first kappa shape index (κ1) is 23.1. The Morgan fingerprint density at radius 2 is 1.97 bits per heavy atom. The van der Waals surface area contributed by atoms with Crippen molar-refractivity contribution in [3.63, 3.8) is 0 Å². The summed E-state index contributed by atoms with van der Waals surface area (Å²) >= 11 is 0. The molecular formula is C26H22F2N6O4. The van der Waals surface area contributed by atoms with Crippen LogP contribution < -0.4 is 4.74 Å². The van der Waals surface area contributed by atoms with Gasteiger partial charge in [0.25, 0.3) is 5.91 Å². The van der Waals surface area contributed by atoms with Gasteiger partial charge in [0.2, 0.25) is 5.78 Å². The fraction of sp³-hybridized carbons (Fsp3) is 0.346. The molecule has 194 valence electrons. The number of hydrogen-bond donors (Lipinski definition) is 1. The quantitative estimate of drug-likeness (QED) is 0.437. The lowest BCUT2D eigenvalue weighted by molar-refractivity contribution is -0.0506. The predicted molar refractivity (Wildman–Crippen MR) is 128 cm³/mol. The zero-order valence-electron chi connectivity index (χ0n) is 20.2. The molecule has 7 rings (SSSR count). The van der Waals surface area contributed by atoms with Crippen LogP contribution in [-0.4, -0.2) is 67.1 Å². The number of hydrogen-bond acceptors (Lipinski definition) is 8. The molecule has 4 aromatic rings. The molecule has 1 amide bonds. The van der Waals surface area contributed by atoms with Gasteiger partial charge in [0.1, 0.15) is 11.4 Å². The van der Waals surface area contributed by atoms with E-state index in [4.69, 9.17) is 14.5 Å². The number of aromatic nitrogens is 5. The normalized spacial score (nSPS) is 24.1. The van der Waals surface area contributed by atoms with Gasteiger partial charge in [-0.25, -0.2) is 19.9 Å². The summed E-state index contributed by atoms with van der Waals surface area (Å²) in [4.78, 5) is 32.9. The van der Waals surface area contributed by atoms with Crippen LogP contribution in [0.15, 0.2) is 43.0 Å². The first-order valence-electron chi connectivity index (χ1n) is 12.2. The van der Waals surface area contributed by atoms with Gasteiger partial charge in [-0.05, 0) is 18.6 Å². The average molecular weight is 520 g/mol. The Balaban J connectivity index is 1.35. The Morgan fingerprint density at radius 1 is 1.18 bits per heavy atom. The molecule has 38 heavy (non-hydrogen) atoms. The minimum absolute atomic E-state index is 0.0189. The number of fused-ring (bicyclic) bond motifs is 9. The van der Waals surface area contributed by atoms with Crippen LogP contribution in [0.25, 0.3) is 16.9 Å². The van der Waals surface area contributed by atoms with Crippen molar-refractivity contribution in [2.75, 3.05) is 20.3 Å². The second-order valence-corrected chi connectivity index (χ2v) is 9.84.